The highest BCUT2D eigenvalue weighted by Gasteiger charge is 2.22. The molecule has 2 N–H and O–H groups in total. The van der Waals surface area contributed by atoms with Gasteiger partial charge in [-0.05, 0) is 25.5 Å². The van der Waals surface area contributed by atoms with Crippen molar-refractivity contribution < 1.29 is 33.1 Å². The van der Waals surface area contributed by atoms with Crippen LogP contribution in [-0.4, -0.2) is 36.5 Å². The van der Waals surface area contributed by atoms with E-state index in [0.717, 1.165) is 0 Å². The number of urea groups is 1. The van der Waals surface area contributed by atoms with Crippen molar-refractivity contribution in [3.63, 3.8) is 0 Å². The summed E-state index contributed by atoms with van der Waals surface area (Å²) in [6, 6.07) is 4.02. The van der Waals surface area contributed by atoms with Crippen LogP contribution in [0.1, 0.15) is 28.7 Å². The van der Waals surface area contributed by atoms with Crippen LogP contribution < -0.4 is 20.1 Å². The van der Waals surface area contributed by atoms with E-state index in [9.17, 15) is 14.4 Å². The van der Waals surface area contributed by atoms with Crippen LogP contribution >= 0.6 is 0 Å². The van der Waals surface area contributed by atoms with Gasteiger partial charge < -0.3 is 24.1 Å². The average Bonchev–Trinajstić information content (AvgIpc) is 3.25. The van der Waals surface area contributed by atoms with Crippen molar-refractivity contribution in [1.82, 2.24) is 10.5 Å². The number of nitrogens with zero attached hydrogens (tertiary/aromatic N) is 1. The maximum atomic E-state index is 12.1. The molecule has 27 heavy (non-hydrogen) atoms. The average molecular weight is 375 g/mol. The van der Waals surface area contributed by atoms with Crippen molar-refractivity contribution in [3.8, 4) is 11.5 Å². The van der Waals surface area contributed by atoms with Crippen molar-refractivity contribution in [2.75, 3.05) is 18.7 Å². The van der Waals surface area contributed by atoms with E-state index in [1.54, 1.807) is 32.0 Å². The van der Waals surface area contributed by atoms with Gasteiger partial charge in [0.1, 0.15) is 11.3 Å². The lowest BCUT2D eigenvalue weighted by Crippen LogP contribution is -2.37. The van der Waals surface area contributed by atoms with Gasteiger partial charge in [0.15, 0.2) is 18.1 Å². The number of ether oxygens (including phenoxy) is 3. The molecule has 1 aliphatic rings. The molecule has 0 radical (unpaired) electrons. The zero-order chi connectivity index (χ0) is 19.4. The van der Waals surface area contributed by atoms with Gasteiger partial charge in [0, 0.05) is 11.8 Å². The molecule has 0 aliphatic carbocycles. The molecule has 3 rings (SSSR count). The Balaban J connectivity index is 1.49. The monoisotopic (exact) mass is 375 g/mol. The molecule has 0 saturated heterocycles. The molecule has 1 aromatic carbocycles. The van der Waals surface area contributed by atoms with E-state index in [1.807, 2.05) is 0 Å². The Morgan fingerprint density at radius 2 is 2.00 bits per heavy atom. The molecule has 0 atom stereocenters. The highest BCUT2D eigenvalue weighted by molar-refractivity contribution is 6.02. The van der Waals surface area contributed by atoms with E-state index in [0.29, 0.717) is 35.1 Å². The third-order valence-electron chi connectivity index (χ3n) is 3.69. The number of hydrogen-bond donors (Lipinski definition) is 2. The second kappa shape index (κ2) is 7.77. The Bertz CT molecular complexity index is 891. The minimum Gasteiger partial charge on any atom is -0.454 e. The van der Waals surface area contributed by atoms with E-state index in [2.05, 4.69) is 15.8 Å². The van der Waals surface area contributed by atoms with Crippen molar-refractivity contribution in [2.24, 2.45) is 0 Å². The highest BCUT2D eigenvalue weighted by Crippen LogP contribution is 2.34. The molecule has 0 saturated carbocycles. The molecule has 0 bridgehead atoms. The van der Waals surface area contributed by atoms with Crippen LogP contribution in [0.15, 0.2) is 22.7 Å². The number of nitrogens with one attached hydrogen (secondary N) is 2. The van der Waals surface area contributed by atoms with Crippen LogP contribution in [0.25, 0.3) is 0 Å². The SMILES string of the molecule is CCc1noc(C)c1C(=O)OCC(=O)NC(=O)Nc1ccc2c(c1)OCO2. The number of fused-ring (bicyclic) bond motifs is 1. The van der Waals surface area contributed by atoms with Gasteiger partial charge in [0.25, 0.3) is 5.91 Å². The first-order valence-electron chi connectivity index (χ1n) is 8.10. The summed E-state index contributed by atoms with van der Waals surface area (Å²) >= 11 is 0. The topological polar surface area (TPSA) is 129 Å². The Hall–Kier alpha value is -3.56. The van der Waals surface area contributed by atoms with E-state index in [-0.39, 0.29) is 12.4 Å². The van der Waals surface area contributed by atoms with Gasteiger partial charge in [-0.2, -0.15) is 0 Å². The molecule has 10 nitrogen and oxygen atoms in total. The van der Waals surface area contributed by atoms with Gasteiger partial charge in [-0.3, -0.25) is 10.1 Å². The smallest absolute Gasteiger partial charge is 0.344 e. The second-order valence-corrected chi connectivity index (χ2v) is 5.56. The summed E-state index contributed by atoms with van der Waals surface area (Å²) in [6.45, 7) is 2.87. The maximum absolute atomic E-state index is 12.1. The Morgan fingerprint density at radius 1 is 1.22 bits per heavy atom. The first kappa shape index (κ1) is 18.2. The normalized spacial score (nSPS) is 11.8. The number of amides is 3. The lowest BCUT2D eigenvalue weighted by Gasteiger charge is -2.08. The van der Waals surface area contributed by atoms with Crippen molar-refractivity contribution in [3.05, 3.63) is 35.2 Å². The fourth-order valence-electron chi connectivity index (χ4n) is 2.42. The number of aromatic nitrogens is 1. The van der Waals surface area contributed by atoms with E-state index >= 15 is 0 Å². The summed E-state index contributed by atoms with van der Waals surface area (Å²) in [5.41, 5.74) is 1.04. The summed E-state index contributed by atoms with van der Waals surface area (Å²) < 4.78 is 20.2. The fourth-order valence-corrected chi connectivity index (χ4v) is 2.42. The Kier molecular flexibility index (Phi) is 5.25. The van der Waals surface area contributed by atoms with Gasteiger partial charge in [-0.25, -0.2) is 9.59 Å². The second-order valence-electron chi connectivity index (χ2n) is 5.56. The quantitative estimate of drug-likeness (QED) is 0.757. The van der Waals surface area contributed by atoms with Gasteiger partial charge >= 0.3 is 12.0 Å². The predicted octanol–water partition coefficient (Wildman–Crippen LogP) is 1.78. The standard InChI is InChI=1S/C17H17N3O7/c1-3-11-15(9(2)27-20-11)16(22)24-7-14(21)19-17(23)18-10-4-5-12-13(6-10)26-8-25-12/h4-6H,3,7-8H2,1-2H3,(H2,18,19,21,23). The highest BCUT2D eigenvalue weighted by atomic mass is 16.7. The molecule has 1 aliphatic heterocycles. The number of hydrogen-bond acceptors (Lipinski definition) is 8. The lowest BCUT2D eigenvalue weighted by molar-refractivity contribution is -0.123. The van der Waals surface area contributed by atoms with Crippen molar-refractivity contribution in [1.29, 1.82) is 0 Å². The van der Waals surface area contributed by atoms with Crippen molar-refractivity contribution >= 4 is 23.6 Å². The van der Waals surface area contributed by atoms with E-state index < -0.39 is 24.5 Å². The number of benzene rings is 1. The number of carbonyl (C=O) groups is 3. The molecule has 3 amide bonds. The third kappa shape index (κ3) is 4.17. The predicted molar refractivity (Wildman–Crippen MR) is 90.6 cm³/mol. The van der Waals surface area contributed by atoms with Crippen LogP contribution in [0.2, 0.25) is 0 Å². The number of carbonyl (C=O) groups excluding carboxylic acids is 3. The molecule has 1 aromatic heterocycles. The van der Waals surface area contributed by atoms with Crippen LogP contribution in [-0.2, 0) is 16.0 Å². The summed E-state index contributed by atoms with van der Waals surface area (Å²) in [6.07, 6.45) is 0.478. The molecule has 142 valence electrons. The minimum atomic E-state index is -0.784. The van der Waals surface area contributed by atoms with Crippen LogP contribution in [0, 0.1) is 6.92 Å². The molecular weight excluding hydrogens is 358 g/mol. The number of aryl methyl sites for hydroxylation is 2. The van der Waals surface area contributed by atoms with Gasteiger partial charge in [0.2, 0.25) is 6.79 Å². The fraction of sp³-hybridized carbons (Fsp3) is 0.294. The summed E-state index contributed by atoms with van der Waals surface area (Å²) in [7, 11) is 0. The van der Waals surface area contributed by atoms with E-state index in [1.165, 1.54) is 0 Å². The van der Waals surface area contributed by atoms with Gasteiger partial charge in [-0.1, -0.05) is 12.1 Å². The molecular formula is C17H17N3O7. The maximum Gasteiger partial charge on any atom is 0.344 e. The summed E-state index contributed by atoms with van der Waals surface area (Å²) in [5, 5.41) is 8.28. The Labute approximate surface area is 153 Å². The number of esters is 1. The summed E-state index contributed by atoms with van der Waals surface area (Å²) in [4.78, 5) is 35.7. The molecule has 2 aromatic rings. The van der Waals surface area contributed by atoms with Crippen LogP contribution in [0.5, 0.6) is 11.5 Å². The minimum absolute atomic E-state index is 0.111. The summed E-state index contributed by atoms with van der Waals surface area (Å²) in [5.74, 6) is -0.160. The van der Waals surface area contributed by atoms with Gasteiger partial charge in [-0.15, -0.1) is 0 Å². The molecule has 0 fully saturated rings. The lowest BCUT2D eigenvalue weighted by atomic mass is 10.1. The number of rotatable bonds is 5. The molecule has 0 spiro atoms. The van der Waals surface area contributed by atoms with Gasteiger partial charge in [0.05, 0.1) is 5.69 Å². The number of anilines is 1. The third-order valence-corrected chi connectivity index (χ3v) is 3.69. The number of imide groups is 1. The molecule has 0 unspecified atom stereocenters. The molecule has 2 heterocycles. The first-order chi connectivity index (χ1) is 13.0. The first-order valence-corrected chi connectivity index (χ1v) is 8.10. The van der Waals surface area contributed by atoms with Crippen LogP contribution in [0.4, 0.5) is 10.5 Å². The van der Waals surface area contributed by atoms with E-state index in [4.69, 9.17) is 18.7 Å². The van der Waals surface area contributed by atoms with Crippen LogP contribution in [0.3, 0.4) is 0 Å². The zero-order valence-corrected chi connectivity index (χ0v) is 14.7. The molecule has 10 heteroatoms. The largest absolute Gasteiger partial charge is 0.454 e. The Morgan fingerprint density at radius 3 is 2.78 bits per heavy atom. The van der Waals surface area contributed by atoms with Crippen molar-refractivity contribution in [2.45, 2.75) is 20.3 Å². The zero-order valence-electron chi connectivity index (χ0n) is 14.7.